The maximum absolute atomic E-state index is 14.4. The normalized spacial score (nSPS) is 10.6. The molecule has 8 heteroatoms. The van der Waals surface area contributed by atoms with Gasteiger partial charge in [0.05, 0.1) is 23.0 Å². The molecule has 6 nitrogen and oxygen atoms in total. The van der Waals surface area contributed by atoms with Crippen LogP contribution in [0, 0.1) is 5.82 Å². The van der Waals surface area contributed by atoms with Crippen molar-refractivity contribution in [3.63, 3.8) is 0 Å². The topological polar surface area (TPSA) is 76.1 Å². The molecule has 0 atom stereocenters. The van der Waals surface area contributed by atoms with Gasteiger partial charge in [-0.05, 0) is 25.1 Å². The summed E-state index contributed by atoms with van der Waals surface area (Å²) in [5, 5.41) is 5.66. The molecule has 24 heavy (non-hydrogen) atoms. The highest BCUT2D eigenvalue weighted by Gasteiger charge is 2.13. The molecule has 0 aliphatic heterocycles. The second kappa shape index (κ2) is 6.79. The van der Waals surface area contributed by atoms with Gasteiger partial charge in [0.15, 0.2) is 5.13 Å². The molecule has 1 aromatic carbocycles. The van der Waals surface area contributed by atoms with Crippen LogP contribution in [0.4, 0.5) is 14.3 Å². The van der Waals surface area contributed by atoms with E-state index in [0.717, 1.165) is 0 Å². The van der Waals surface area contributed by atoms with Crippen molar-refractivity contribution in [2.75, 3.05) is 19.0 Å². The number of ether oxygens (including phenoxy) is 1. The largest absolute Gasteiger partial charge is 0.497 e. The molecule has 0 aliphatic carbocycles. The predicted molar refractivity (Wildman–Crippen MR) is 92.1 cm³/mol. The molecule has 0 radical (unpaired) electrons. The summed E-state index contributed by atoms with van der Waals surface area (Å²) in [6.45, 7) is 2.33. The highest BCUT2D eigenvalue weighted by Crippen LogP contribution is 2.32. The van der Waals surface area contributed by atoms with E-state index < -0.39 is 5.82 Å². The number of hydrogen-bond acceptors (Lipinski definition) is 5. The van der Waals surface area contributed by atoms with Crippen LogP contribution in [0.2, 0.25) is 0 Å². The number of fused-ring (bicyclic) bond motifs is 1. The zero-order chi connectivity index (χ0) is 17.1. The fraction of sp³-hybridized carbons (Fsp3) is 0.188. The SMILES string of the molecule is CCNC(=O)Nc1nc2cc(-c3cc(OC)ccn3)c(F)cc2s1. The number of rotatable bonds is 4. The zero-order valence-electron chi connectivity index (χ0n) is 13.1. The Kier molecular flexibility index (Phi) is 4.57. The molecule has 2 N–H and O–H groups in total. The number of amides is 2. The first kappa shape index (κ1) is 16.1. The van der Waals surface area contributed by atoms with Crippen molar-refractivity contribution in [2.45, 2.75) is 6.92 Å². The Balaban J connectivity index is 1.98. The van der Waals surface area contributed by atoms with Gasteiger partial charge in [-0.1, -0.05) is 11.3 Å². The van der Waals surface area contributed by atoms with Gasteiger partial charge in [-0.15, -0.1) is 0 Å². The molecule has 2 heterocycles. The van der Waals surface area contributed by atoms with E-state index in [9.17, 15) is 9.18 Å². The number of aromatic nitrogens is 2. The summed E-state index contributed by atoms with van der Waals surface area (Å²) in [5.74, 6) is 0.188. The molecule has 124 valence electrons. The first-order valence-electron chi connectivity index (χ1n) is 7.26. The van der Waals surface area contributed by atoms with Gasteiger partial charge in [0.1, 0.15) is 11.6 Å². The average Bonchev–Trinajstić information content (AvgIpc) is 2.95. The molecule has 0 saturated heterocycles. The first-order valence-corrected chi connectivity index (χ1v) is 8.07. The third-order valence-electron chi connectivity index (χ3n) is 3.28. The van der Waals surface area contributed by atoms with Crippen LogP contribution in [0.15, 0.2) is 30.5 Å². The number of hydrogen-bond donors (Lipinski definition) is 2. The summed E-state index contributed by atoms with van der Waals surface area (Å²) >= 11 is 1.21. The van der Waals surface area contributed by atoms with E-state index in [-0.39, 0.29) is 6.03 Å². The smallest absolute Gasteiger partial charge is 0.321 e. The average molecular weight is 346 g/mol. The molecule has 0 saturated carbocycles. The van der Waals surface area contributed by atoms with Crippen LogP contribution in [0.3, 0.4) is 0 Å². The summed E-state index contributed by atoms with van der Waals surface area (Å²) in [4.78, 5) is 20.1. The van der Waals surface area contributed by atoms with Gasteiger partial charge in [0, 0.05) is 24.4 Å². The fourth-order valence-corrected chi connectivity index (χ4v) is 3.05. The minimum Gasteiger partial charge on any atom is -0.497 e. The lowest BCUT2D eigenvalue weighted by Gasteiger charge is -2.05. The molecule has 2 aromatic heterocycles. The number of thiazole rings is 1. The number of nitrogens with one attached hydrogen (secondary N) is 2. The van der Waals surface area contributed by atoms with Gasteiger partial charge in [0.2, 0.25) is 0 Å². The van der Waals surface area contributed by atoms with E-state index in [4.69, 9.17) is 4.74 Å². The Hall–Kier alpha value is -2.74. The molecule has 0 aliphatic rings. The van der Waals surface area contributed by atoms with Crippen LogP contribution in [0.5, 0.6) is 5.75 Å². The van der Waals surface area contributed by atoms with Crippen LogP contribution in [0.1, 0.15) is 6.92 Å². The Bertz CT molecular complexity index is 897. The van der Waals surface area contributed by atoms with E-state index in [1.54, 1.807) is 31.5 Å². The monoisotopic (exact) mass is 346 g/mol. The van der Waals surface area contributed by atoms with Gasteiger partial charge < -0.3 is 10.1 Å². The number of pyridine rings is 1. The minimum atomic E-state index is -0.406. The van der Waals surface area contributed by atoms with Crippen molar-refractivity contribution >= 4 is 32.7 Å². The molecular weight excluding hydrogens is 331 g/mol. The van der Waals surface area contributed by atoms with Crippen LogP contribution in [-0.4, -0.2) is 29.7 Å². The molecular formula is C16H15FN4O2S. The molecule has 0 bridgehead atoms. The summed E-state index contributed by atoms with van der Waals surface area (Å²) in [5.41, 5.74) is 1.38. The number of halogens is 1. The van der Waals surface area contributed by atoms with E-state index >= 15 is 0 Å². The van der Waals surface area contributed by atoms with Crippen molar-refractivity contribution in [1.82, 2.24) is 15.3 Å². The second-order valence-electron chi connectivity index (χ2n) is 4.88. The fourth-order valence-electron chi connectivity index (χ4n) is 2.19. The van der Waals surface area contributed by atoms with Crippen molar-refractivity contribution in [3.05, 3.63) is 36.3 Å². The Labute approximate surface area is 141 Å². The minimum absolute atomic E-state index is 0.330. The lowest BCUT2D eigenvalue weighted by atomic mass is 10.1. The van der Waals surface area contributed by atoms with Crippen molar-refractivity contribution in [1.29, 1.82) is 0 Å². The number of benzene rings is 1. The third-order valence-corrected chi connectivity index (χ3v) is 4.21. The Morgan fingerprint density at radius 2 is 2.21 bits per heavy atom. The quantitative estimate of drug-likeness (QED) is 0.756. The van der Waals surface area contributed by atoms with Crippen LogP contribution in [0.25, 0.3) is 21.5 Å². The van der Waals surface area contributed by atoms with Crippen LogP contribution in [-0.2, 0) is 0 Å². The van der Waals surface area contributed by atoms with E-state index in [1.807, 2.05) is 6.92 Å². The Morgan fingerprint density at radius 1 is 1.38 bits per heavy atom. The van der Waals surface area contributed by atoms with Gasteiger partial charge in [-0.25, -0.2) is 14.2 Å². The van der Waals surface area contributed by atoms with Crippen molar-refractivity contribution in [3.8, 4) is 17.0 Å². The number of urea groups is 1. The number of methoxy groups -OCH3 is 1. The highest BCUT2D eigenvalue weighted by molar-refractivity contribution is 7.22. The number of carbonyl (C=O) groups excluding carboxylic acids is 1. The number of nitrogens with zero attached hydrogens (tertiary/aromatic N) is 2. The maximum atomic E-state index is 14.4. The molecule has 0 unspecified atom stereocenters. The summed E-state index contributed by atoms with van der Waals surface area (Å²) in [7, 11) is 1.54. The van der Waals surface area contributed by atoms with Crippen molar-refractivity contribution < 1.29 is 13.9 Å². The van der Waals surface area contributed by atoms with Gasteiger partial charge in [-0.3, -0.25) is 10.3 Å². The number of anilines is 1. The van der Waals surface area contributed by atoms with E-state index in [1.165, 1.54) is 17.4 Å². The molecule has 3 rings (SSSR count). The third kappa shape index (κ3) is 3.28. The van der Waals surface area contributed by atoms with E-state index in [2.05, 4.69) is 20.6 Å². The zero-order valence-corrected chi connectivity index (χ0v) is 13.9. The predicted octanol–water partition coefficient (Wildman–Crippen LogP) is 3.65. The van der Waals surface area contributed by atoms with Crippen LogP contribution < -0.4 is 15.4 Å². The summed E-state index contributed by atoms with van der Waals surface area (Å²) in [6, 6.07) is 6.02. The second-order valence-corrected chi connectivity index (χ2v) is 5.91. The lowest BCUT2D eigenvalue weighted by Crippen LogP contribution is -2.28. The van der Waals surface area contributed by atoms with E-state index in [0.29, 0.717) is 38.9 Å². The number of carbonyl (C=O) groups is 1. The standard InChI is InChI=1S/C16H15FN4O2S/c1-3-18-15(22)21-16-20-13-7-10(11(17)8-14(13)24-16)12-6-9(23-2)4-5-19-12/h4-8H,3H2,1-2H3,(H2,18,20,21,22). The Morgan fingerprint density at radius 3 is 2.96 bits per heavy atom. The van der Waals surface area contributed by atoms with Gasteiger partial charge >= 0.3 is 6.03 Å². The van der Waals surface area contributed by atoms with Crippen molar-refractivity contribution in [2.24, 2.45) is 0 Å². The molecule has 0 spiro atoms. The highest BCUT2D eigenvalue weighted by atomic mass is 32.1. The molecule has 2 amide bonds. The van der Waals surface area contributed by atoms with Gasteiger partial charge in [0.25, 0.3) is 0 Å². The summed E-state index contributed by atoms with van der Waals surface area (Å²) in [6.07, 6.45) is 1.56. The molecule has 0 fully saturated rings. The van der Waals surface area contributed by atoms with Crippen LogP contribution >= 0.6 is 11.3 Å². The first-order chi connectivity index (χ1) is 11.6. The molecule has 3 aromatic rings. The summed E-state index contributed by atoms with van der Waals surface area (Å²) < 4.78 is 20.2. The maximum Gasteiger partial charge on any atom is 0.321 e. The lowest BCUT2D eigenvalue weighted by molar-refractivity contribution is 0.252. The van der Waals surface area contributed by atoms with Gasteiger partial charge in [-0.2, -0.15) is 0 Å².